The van der Waals surface area contributed by atoms with E-state index >= 15 is 0 Å². The number of aliphatic hydroxyl groups excluding tert-OH is 1. The van der Waals surface area contributed by atoms with Gasteiger partial charge in [-0.2, -0.15) is 0 Å². The molecule has 1 unspecified atom stereocenters. The van der Waals surface area contributed by atoms with Crippen molar-refractivity contribution in [1.82, 2.24) is 0 Å². The summed E-state index contributed by atoms with van der Waals surface area (Å²) in [6, 6.07) is 8.02. The predicted octanol–water partition coefficient (Wildman–Crippen LogP) is 4.62. The molecule has 0 aliphatic carbocycles. The zero-order chi connectivity index (χ0) is 13.9. The predicted molar refractivity (Wildman–Crippen MR) is 80.1 cm³/mol. The molecule has 1 atom stereocenters. The summed E-state index contributed by atoms with van der Waals surface area (Å²) in [6.45, 7) is 2.81. The zero-order valence-corrected chi connectivity index (χ0v) is 12.4. The van der Waals surface area contributed by atoms with Gasteiger partial charge in [0.05, 0.1) is 12.7 Å². The maximum atomic E-state index is 10.3. The third-order valence-corrected chi connectivity index (χ3v) is 3.55. The van der Waals surface area contributed by atoms with Crippen molar-refractivity contribution < 1.29 is 9.84 Å². The Morgan fingerprint density at radius 1 is 1.05 bits per heavy atom. The summed E-state index contributed by atoms with van der Waals surface area (Å²) < 4.78 is 5.18. The molecule has 108 valence electrons. The average Bonchev–Trinajstić information content (AvgIpc) is 2.43. The minimum absolute atomic E-state index is 0.350. The number of methoxy groups -OCH3 is 1. The summed E-state index contributed by atoms with van der Waals surface area (Å²) in [5.41, 5.74) is 2.13. The molecule has 1 N–H and O–H groups in total. The van der Waals surface area contributed by atoms with E-state index in [9.17, 15) is 5.11 Å². The van der Waals surface area contributed by atoms with Crippen LogP contribution in [-0.2, 0) is 11.3 Å². The molecular weight excluding hydrogens is 236 g/mol. The van der Waals surface area contributed by atoms with Crippen molar-refractivity contribution in [3.8, 4) is 0 Å². The zero-order valence-electron chi connectivity index (χ0n) is 12.4. The van der Waals surface area contributed by atoms with Gasteiger partial charge in [0.2, 0.25) is 0 Å². The van der Waals surface area contributed by atoms with Crippen molar-refractivity contribution in [1.29, 1.82) is 0 Å². The quantitative estimate of drug-likeness (QED) is 0.625. The number of aliphatic hydroxyl groups is 1. The summed E-state index contributed by atoms with van der Waals surface area (Å²) >= 11 is 0. The Morgan fingerprint density at radius 2 is 1.74 bits per heavy atom. The monoisotopic (exact) mass is 264 g/mol. The largest absolute Gasteiger partial charge is 0.388 e. The Morgan fingerprint density at radius 3 is 2.47 bits per heavy atom. The first kappa shape index (κ1) is 16.2. The summed E-state index contributed by atoms with van der Waals surface area (Å²) in [7, 11) is 1.69. The lowest BCUT2D eigenvalue weighted by Crippen LogP contribution is -2.03. The fourth-order valence-electron chi connectivity index (χ4n) is 2.42. The number of hydrogen-bond acceptors (Lipinski definition) is 2. The number of rotatable bonds is 10. The Balaban J connectivity index is 2.34. The van der Waals surface area contributed by atoms with E-state index in [0.29, 0.717) is 6.61 Å². The van der Waals surface area contributed by atoms with Gasteiger partial charge >= 0.3 is 0 Å². The molecule has 0 aliphatic heterocycles. The summed E-state index contributed by atoms with van der Waals surface area (Å²) in [5.74, 6) is 0. The second-order valence-electron chi connectivity index (χ2n) is 5.20. The summed E-state index contributed by atoms with van der Waals surface area (Å²) in [6.07, 6.45) is 8.07. The fraction of sp³-hybridized carbons (Fsp3) is 0.647. The highest BCUT2D eigenvalue weighted by Crippen LogP contribution is 2.24. The van der Waals surface area contributed by atoms with E-state index in [-0.39, 0.29) is 6.10 Å². The molecule has 0 spiro atoms. The highest BCUT2D eigenvalue weighted by Gasteiger charge is 2.11. The maximum Gasteiger partial charge on any atom is 0.0793 e. The van der Waals surface area contributed by atoms with Crippen molar-refractivity contribution in [2.75, 3.05) is 7.11 Å². The summed E-state index contributed by atoms with van der Waals surface area (Å²) in [4.78, 5) is 0. The van der Waals surface area contributed by atoms with E-state index in [1.165, 1.54) is 32.1 Å². The number of benzene rings is 1. The van der Waals surface area contributed by atoms with Gasteiger partial charge in [-0.3, -0.25) is 0 Å². The molecule has 1 rings (SSSR count). The number of ether oxygens (including phenoxy) is 1. The van der Waals surface area contributed by atoms with E-state index < -0.39 is 0 Å². The van der Waals surface area contributed by atoms with Crippen LogP contribution < -0.4 is 0 Å². The van der Waals surface area contributed by atoms with Crippen LogP contribution in [0.25, 0.3) is 0 Å². The molecule has 2 nitrogen and oxygen atoms in total. The molecule has 0 fully saturated rings. The Hall–Kier alpha value is -0.860. The molecule has 0 aromatic heterocycles. The highest BCUT2D eigenvalue weighted by molar-refractivity contribution is 5.28. The standard InChI is InChI=1S/C17H28O2/c1-3-4-5-6-7-8-13-17(18)16-12-10-9-11-15(16)14-19-2/h9-12,17-18H,3-8,13-14H2,1-2H3. The molecule has 0 bridgehead atoms. The topological polar surface area (TPSA) is 29.5 Å². The molecule has 0 saturated heterocycles. The average molecular weight is 264 g/mol. The van der Waals surface area contributed by atoms with Gasteiger partial charge in [-0.25, -0.2) is 0 Å². The normalized spacial score (nSPS) is 12.6. The molecule has 0 radical (unpaired) electrons. The molecule has 19 heavy (non-hydrogen) atoms. The van der Waals surface area contributed by atoms with Crippen LogP contribution in [0.15, 0.2) is 24.3 Å². The maximum absolute atomic E-state index is 10.3. The Labute approximate surface area is 117 Å². The summed E-state index contributed by atoms with van der Waals surface area (Å²) in [5, 5.41) is 10.3. The second-order valence-corrected chi connectivity index (χ2v) is 5.20. The molecule has 2 heteroatoms. The van der Waals surface area contributed by atoms with E-state index in [4.69, 9.17) is 4.74 Å². The van der Waals surface area contributed by atoms with Crippen LogP contribution in [0.2, 0.25) is 0 Å². The highest BCUT2D eigenvalue weighted by atomic mass is 16.5. The lowest BCUT2D eigenvalue weighted by Gasteiger charge is -2.15. The van der Waals surface area contributed by atoms with Crippen molar-refractivity contribution >= 4 is 0 Å². The third kappa shape index (κ3) is 6.22. The van der Waals surface area contributed by atoms with Gasteiger partial charge in [0.25, 0.3) is 0 Å². The first-order chi connectivity index (χ1) is 9.29. The van der Waals surface area contributed by atoms with Gasteiger partial charge in [0.1, 0.15) is 0 Å². The molecule has 1 aromatic carbocycles. The van der Waals surface area contributed by atoms with Crippen LogP contribution in [-0.4, -0.2) is 12.2 Å². The molecule has 0 saturated carbocycles. The van der Waals surface area contributed by atoms with E-state index in [0.717, 1.165) is 24.0 Å². The van der Waals surface area contributed by atoms with Crippen LogP contribution in [0, 0.1) is 0 Å². The van der Waals surface area contributed by atoms with Gasteiger partial charge in [-0.15, -0.1) is 0 Å². The van der Waals surface area contributed by atoms with Gasteiger partial charge < -0.3 is 9.84 Å². The van der Waals surface area contributed by atoms with Crippen LogP contribution in [0.5, 0.6) is 0 Å². The van der Waals surface area contributed by atoms with Crippen molar-refractivity contribution in [3.63, 3.8) is 0 Å². The van der Waals surface area contributed by atoms with E-state index in [1.807, 2.05) is 24.3 Å². The third-order valence-electron chi connectivity index (χ3n) is 3.55. The lowest BCUT2D eigenvalue weighted by atomic mass is 9.98. The van der Waals surface area contributed by atoms with Crippen LogP contribution in [0.1, 0.15) is 69.1 Å². The van der Waals surface area contributed by atoms with Gasteiger partial charge in [-0.1, -0.05) is 69.7 Å². The van der Waals surface area contributed by atoms with Gasteiger partial charge in [0, 0.05) is 7.11 Å². The first-order valence-corrected chi connectivity index (χ1v) is 7.54. The van der Waals surface area contributed by atoms with Gasteiger partial charge in [-0.05, 0) is 17.5 Å². The molecule has 1 aromatic rings. The van der Waals surface area contributed by atoms with Crippen LogP contribution in [0.4, 0.5) is 0 Å². The number of unbranched alkanes of at least 4 members (excludes halogenated alkanes) is 5. The molecule has 0 aliphatic rings. The van der Waals surface area contributed by atoms with Crippen LogP contribution in [0.3, 0.4) is 0 Å². The van der Waals surface area contributed by atoms with Gasteiger partial charge in [0.15, 0.2) is 0 Å². The van der Waals surface area contributed by atoms with Crippen LogP contribution >= 0.6 is 0 Å². The second kappa shape index (κ2) is 9.99. The molecular formula is C17H28O2. The minimum atomic E-state index is -0.350. The van der Waals surface area contributed by atoms with Crippen molar-refractivity contribution in [3.05, 3.63) is 35.4 Å². The smallest absolute Gasteiger partial charge is 0.0793 e. The lowest BCUT2D eigenvalue weighted by molar-refractivity contribution is 0.151. The van der Waals surface area contributed by atoms with E-state index in [1.54, 1.807) is 7.11 Å². The van der Waals surface area contributed by atoms with E-state index in [2.05, 4.69) is 6.92 Å². The first-order valence-electron chi connectivity index (χ1n) is 7.54. The van der Waals surface area contributed by atoms with Crippen molar-refractivity contribution in [2.45, 2.75) is 64.6 Å². The fourth-order valence-corrected chi connectivity index (χ4v) is 2.42. The Kier molecular flexibility index (Phi) is 8.52. The molecule has 0 amide bonds. The Bertz CT molecular complexity index is 336. The minimum Gasteiger partial charge on any atom is -0.388 e. The SMILES string of the molecule is CCCCCCCCC(O)c1ccccc1COC. The molecule has 0 heterocycles. The number of hydrogen-bond donors (Lipinski definition) is 1. The van der Waals surface area contributed by atoms with Crippen molar-refractivity contribution in [2.24, 2.45) is 0 Å².